The largest absolute Gasteiger partial charge is 0.481 e. The Balaban J connectivity index is 1.71. The monoisotopic (exact) mass is 338 g/mol. The zero-order valence-electron chi connectivity index (χ0n) is 13.3. The molecule has 2 saturated carbocycles. The third-order valence-corrected chi connectivity index (χ3v) is 5.05. The lowest BCUT2D eigenvalue weighted by atomic mass is 9.78. The first-order chi connectivity index (χ1) is 11.2. The van der Waals surface area contributed by atoms with Crippen LogP contribution in [-0.4, -0.2) is 47.3 Å². The van der Waals surface area contributed by atoms with E-state index < -0.39 is 59.9 Å². The number of fused-ring (bicyclic) bond motifs is 1. The second kappa shape index (κ2) is 5.61. The van der Waals surface area contributed by atoms with Crippen LogP contribution in [0, 0.1) is 23.7 Å². The quantitative estimate of drug-likeness (QED) is 0.432. The van der Waals surface area contributed by atoms with Crippen molar-refractivity contribution >= 4 is 23.9 Å². The number of hydrogen-bond acceptors (Lipinski definition) is 7. The topological polar surface area (TPSA) is 116 Å². The van der Waals surface area contributed by atoms with E-state index in [2.05, 4.69) is 6.58 Å². The zero-order valence-corrected chi connectivity index (χ0v) is 13.3. The van der Waals surface area contributed by atoms with E-state index in [9.17, 15) is 24.3 Å². The number of aliphatic carboxylic acids is 1. The van der Waals surface area contributed by atoms with E-state index in [1.807, 2.05) is 0 Å². The molecule has 3 fully saturated rings. The Morgan fingerprint density at radius 3 is 2.58 bits per heavy atom. The molecular formula is C16H18O8. The highest BCUT2D eigenvalue weighted by molar-refractivity contribution is 5.89. The van der Waals surface area contributed by atoms with Gasteiger partial charge in [0, 0.05) is 17.4 Å². The van der Waals surface area contributed by atoms with Crippen molar-refractivity contribution in [3.05, 3.63) is 12.2 Å². The highest BCUT2D eigenvalue weighted by atomic mass is 16.6. The van der Waals surface area contributed by atoms with Gasteiger partial charge in [0.05, 0.1) is 11.8 Å². The minimum absolute atomic E-state index is 0.146. The molecule has 3 rings (SSSR count). The third kappa shape index (κ3) is 2.37. The molecule has 7 unspecified atom stereocenters. The highest BCUT2D eigenvalue weighted by Gasteiger charge is 2.70. The van der Waals surface area contributed by atoms with Crippen LogP contribution < -0.4 is 0 Å². The summed E-state index contributed by atoms with van der Waals surface area (Å²) in [5.41, 5.74) is 0.146. The maximum absolute atomic E-state index is 12.1. The van der Waals surface area contributed by atoms with E-state index in [1.54, 1.807) is 0 Å². The Kier molecular flexibility index (Phi) is 3.85. The lowest BCUT2D eigenvalue weighted by molar-refractivity contribution is -0.177. The van der Waals surface area contributed by atoms with Crippen molar-refractivity contribution in [3.63, 3.8) is 0 Å². The van der Waals surface area contributed by atoms with Crippen LogP contribution in [0.25, 0.3) is 0 Å². The number of carbonyl (C=O) groups is 4. The molecule has 0 aromatic rings. The van der Waals surface area contributed by atoms with Crippen LogP contribution in [0.3, 0.4) is 0 Å². The fourth-order valence-electron chi connectivity index (χ4n) is 4.02. The van der Waals surface area contributed by atoms with Crippen LogP contribution in [0.2, 0.25) is 0 Å². The van der Waals surface area contributed by atoms with Crippen molar-refractivity contribution in [1.29, 1.82) is 0 Å². The maximum Gasteiger partial charge on any atom is 0.347 e. The van der Waals surface area contributed by atoms with Gasteiger partial charge in [0.15, 0.2) is 6.10 Å². The minimum Gasteiger partial charge on any atom is -0.481 e. The van der Waals surface area contributed by atoms with E-state index in [4.69, 9.17) is 14.2 Å². The molecule has 130 valence electrons. The van der Waals surface area contributed by atoms with Gasteiger partial charge in [-0.2, -0.15) is 0 Å². The van der Waals surface area contributed by atoms with Gasteiger partial charge in [0.1, 0.15) is 12.2 Å². The first-order valence-electron chi connectivity index (χ1n) is 7.72. The van der Waals surface area contributed by atoms with E-state index in [-0.39, 0.29) is 11.5 Å². The molecule has 2 bridgehead atoms. The third-order valence-electron chi connectivity index (χ3n) is 5.05. The Morgan fingerprint density at radius 2 is 2.00 bits per heavy atom. The zero-order chi connectivity index (χ0) is 17.8. The van der Waals surface area contributed by atoms with Crippen LogP contribution >= 0.6 is 0 Å². The summed E-state index contributed by atoms with van der Waals surface area (Å²) in [4.78, 5) is 47.0. The fraction of sp³-hybridized carbons (Fsp3) is 0.625. The summed E-state index contributed by atoms with van der Waals surface area (Å²) in [7, 11) is 0. The Labute approximate surface area is 137 Å². The second-order valence-corrected chi connectivity index (χ2v) is 6.58. The minimum atomic E-state index is -1.16. The van der Waals surface area contributed by atoms with Crippen molar-refractivity contribution in [2.75, 3.05) is 0 Å². The number of rotatable bonds is 5. The molecule has 1 heterocycles. The predicted octanol–water partition coefficient (Wildman–Crippen LogP) is 0.298. The van der Waals surface area contributed by atoms with Crippen molar-refractivity contribution in [2.24, 2.45) is 23.7 Å². The molecule has 0 spiro atoms. The van der Waals surface area contributed by atoms with Crippen molar-refractivity contribution in [2.45, 2.75) is 38.6 Å². The normalized spacial score (nSPS) is 36.8. The Bertz CT molecular complexity index is 638. The molecule has 1 N–H and O–H groups in total. The second-order valence-electron chi connectivity index (χ2n) is 6.58. The summed E-state index contributed by atoms with van der Waals surface area (Å²) in [6.45, 7) is 6.23. The first-order valence-corrected chi connectivity index (χ1v) is 7.72. The summed E-state index contributed by atoms with van der Waals surface area (Å²) in [6, 6.07) is 0. The molecule has 3 aliphatic rings. The molecular weight excluding hydrogens is 320 g/mol. The van der Waals surface area contributed by atoms with Gasteiger partial charge in [-0.25, -0.2) is 9.59 Å². The van der Waals surface area contributed by atoms with Crippen LogP contribution in [0.15, 0.2) is 12.2 Å². The first kappa shape index (κ1) is 16.5. The van der Waals surface area contributed by atoms with Crippen LogP contribution in [0.4, 0.5) is 0 Å². The van der Waals surface area contributed by atoms with Crippen LogP contribution in [0.5, 0.6) is 0 Å². The predicted molar refractivity (Wildman–Crippen MR) is 76.3 cm³/mol. The average Bonchev–Trinajstić information content (AvgIpc) is 3.09. The number of hydrogen-bond donors (Lipinski definition) is 1. The van der Waals surface area contributed by atoms with E-state index in [0.717, 1.165) is 0 Å². The van der Waals surface area contributed by atoms with Gasteiger partial charge in [-0.1, -0.05) is 6.58 Å². The Hall–Kier alpha value is -2.38. The van der Waals surface area contributed by atoms with Crippen molar-refractivity contribution < 1.29 is 38.5 Å². The number of carbonyl (C=O) groups excluding carboxylic acids is 3. The van der Waals surface area contributed by atoms with Gasteiger partial charge in [0.2, 0.25) is 0 Å². The standard InChI is InChI=1S/C16H18O8/c1-5(2)14(19)22-6(3)15(20)23-11-7-4-8-10(9(7)13(17)18)16(21)24-12(8)11/h6-12H,1,4H2,2-3H3,(H,17,18). The van der Waals surface area contributed by atoms with E-state index in [0.29, 0.717) is 6.42 Å². The molecule has 0 amide bonds. The summed E-state index contributed by atoms with van der Waals surface area (Å²) >= 11 is 0. The van der Waals surface area contributed by atoms with Gasteiger partial charge >= 0.3 is 23.9 Å². The van der Waals surface area contributed by atoms with Gasteiger partial charge in [-0.3, -0.25) is 9.59 Å². The molecule has 2 aliphatic carbocycles. The fourth-order valence-corrected chi connectivity index (χ4v) is 4.02. The van der Waals surface area contributed by atoms with Gasteiger partial charge in [-0.05, 0) is 20.3 Å². The number of ether oxygens (including phenoxy) is 3. The van der Waals surface area contributed by atoms with E-state index in [1.165, 1.54) is 13.8 Å². The molecule has 0 aromatic carbocycles. The van der Waals surface area contributed by atoms with Crippen molar-refractivity contribution in [3.8, 4) is 0 Å². The van der Waals surface area contributed by atoms with Crippen LogP contribution in [0.1, 0.15) is 20.3 Å². The lowest BCUT2D eigenvalue weighted by Gasteiger charge is -2.29. The summed E-state index contributed by atoms with van der Waals surface area (Å²) < 4.78 is 15.5. The molecule has 1 aliphatic heterocycles. The summed E-state index contributed by atoms with van der Waals surface area (Å²) in [5.74, 6) is -5.43. The molecule has 1 saturated heterocycles. The van der Waals surface area contributed by atoms with E-state index >= 15 is 0 Å². The van der Waals surface area contributed by atoms with Gasteiger partial charge in [0.25, 0.3) is 0 Å². The Morgan fingerprint density at radius 1 is 1.33 bits per heavy atom. The molecule has 0 radical (unpaired) electrons. The van der Waals surface area contributed by atoms with Crippen LogP contribution in [-0.2, 0) is 33.4 Å². The molecule has 0 aromatic heterocycles. The SMILES string of the molecule is C=C(C)C(=O)OC(C)C(=O)OC1C2CC3C1OC(=O)C3C2C(=O)O. The molecule has 24 heavy (non-hydrogen) atoms. The van der Waals surface area contributed by atoms with Crippen molar-refractivity contribution in [1.82, 2.24) is 0 Å². The maximum atomic E-state index is 12.1. The lowest BCUT2D eigenvalue weighted by Crippen LogP contribution is -2.44. The smallest absolute Gasteiger partial charge is 0.347 e. The number of carboxylic acids is 1. The number of carboxylic acid groups (broad SMARTS) is 1. The summed E-state index contributed by atoms with van der Waals surface area (Å²) in [5, 5.41) is 9.39. The average molecular weight is 338 g/mol. The highest BCUT2D eigenvalue weighted by Crippen LogP contribution is 2.58. The van der Waals surface area contributed by atoms with Gasteiger partial charge in [-0.15, -0.1) is 0 Å². The molecule has 7 atom stereocenters. The van der Waals surface area contributed by atoms with Gasteiger partial charge < -0.3 is 19.3 Å². The summed E-state index contributed by atoms with van der Waals surface area (Å²) in [6.07, 6.45) is -2.13. The molecule has 8 nitrogen and oxygen atoms in total. The number of esters is 3. The molecule has 8 heteroatoms.